The van der Waals surface area contributed by atoms with Gasteiger partial charge in [-0.15, -0.1) is 0 Å². The first kappa shape index (κ1) is 31.3. The van der Waals surface area contributed by atoms with Gasteiger partial charge in [-0.1, -0.05) is 183 Å². The van der Waals surface area contributed by atoms with Gasteiger partial charge in [-0.05, 0) is 89.3 Å². The molecule has 0 aliphatic rings. The molecule has 0 N–H and O–H groups in total. The molecule has 1 heteroatoms. The summed E-state index contributed by atoms with van der Waals surface area (Å²) in [5, 5.41) is 7.47. The SMILES string of the molecule is C=Cc1c(C=C)c(-c2ccc3c4ccccc4n(C)c3c2)c2ccccc2c1-c1ccc(C=Cc2ccc(-c3cccc4ccccc34)cc2)cc1. The first-order valence-corrected chi connectivity index (χ1v) is 17.8. The van der Waals surface area contributed by atoms with E-state index in [1.54, 1.807) is 0 Å². The first-order valence-electron chi connectivity index (χ1n) is 17.8. The van der Waals surface area contributed by atoms with Crippen LogP contribution in [0.4, 0.5) is 0 Å². The van der Waals surface area contributed by atoms with Gasteiger partial charge in [0.25, 0.3) is 0 Å². The summed E-state index contributed by atoms with van der Waals surface area (Å²) in [6.45, 7) is 8.64. The highest BCUT2D eigenvalue weighted by Gasteiger charge is 2.20. The van der Waals surface area contributed by atoms with Gasteiger partial charge in [0.15, 0.2) is 0 Å². The minimum Gasteiger partial charge on any atom is -0.344 e. The molecule has 0 unspecified atom stereocenters. The van der Waals surface area contributed by atoms with E-state index in [-0.39, 0.29) is 0 Å². The summed E-state index contributed by atoms with van der Waals surface area (Å²) in [4.78, 5) is 0. The van der Waals surface area contributed by atoms with E-state index in [2.05, 4.69) is 195 Å². The Labute approximate surface area is 304 Å². The maximum Gasteiger partial charge on any atom is 0.0494 e. The van der Waals surface area contributed by atoms with Gasteiger partial charge in [-0.25, -0.2) is 0 Å². The molecule has 0 aliphatic carbocycles. The molecule has 0 bridgehead atoms. The van der Waals surface area contributed by atoms with Crippen LogP contribution in [-0.4, -0.2) is 4.57 Å². The molecular formula is C51H37N. The zero-order valence-electron chi connectivity index (χ0n) is 29.2. The third-order valence-corrected chi connectivity index (χ3v) is 10.6. The Balaban J connectivity index is 1.07. The van der Waals surface area contributed by atoms with E-state index >= 15 is 0 Å². The van der Waals surface area contributed by atoms with Gasteiger partial charge in [-0.2, -0.15) is 0 Å². The molecular weight excluding hydrogens is 627 g/mol. The highest BCUT2D eigenvalue weighted by atomic mass is 14.9. The third kappa shape index (κ3) is 5.18. The van der Waals surface area contributed by atoms with Gasteiger partial charge in [0.05, 0.1) is 0 Å². The summed E-state index contributed by atoms with van der Waals surface area (Å²) in [5.41, 5.74) is 14.1. The average molecular weight is 664 g/mol. The Hall–Kier alpha value is -6.70. The first-order chi connectivity index (χ1) is 25.6. The van der Waals surface area contributed by atoms with E-state index in [1.807, 2.05) is 12.2 Å². The molecule has 246 valence electrons. The Morgan fingerprint density at radius 1 is 0.423 bits per heavy atom. The largest absolute Gasteiger partial charge is 0.344 e. The summed E-state index contributed by atoms with van der Waals surface area (Å²) in [6, 6.07) is 57.0. The lowest BCUT2D eigenvalue weighted by atomic mass is 9.83. The molecule has 0 amide bonds. The number of aromatic nitrogens is 1. The van der Waals surface area contributed by atoms with Crippen LogP contribution in [0.1, 0.15) is 22.3 Å². The summed E-state index contributed by atoms with van der Waals surface area (Å²) in [6.07, 6.45) is 8.36. The molecule has 0 fully saturated rings. The summed E-state index contributed by atoms with van der Waals surface area (Å²) in [7, 11) is 2.15. The quantitative estimate of drug-likeness (QED) is 0.150. The van der Waals surface area contributed by atoms with Crippen molar-refractivity contribution in [3.63, 3.8) is 0 Å². The zero-order chi connectivity index (χ0) is 35.2. The Bertz CT molecular complexity index is 2860. The second-order valence-corrected chi connectivity index (χ2v) is 13.4. The van der Waals surface area contributed by atoms with Crippen molar-refractivity contribution in [2.45, 2.75) is 0 Å². The average Bonchev–Trinajstić information content (AvgIpc) is 3.49. The van der Waals surface area contributed by atoms with Crippen LogP contribution in [0.3, 0.4) is 0 Å². The van der Waals surface area contributed by atoms with E-state index in [1.165, 1.54) is 76.7 Å². The number of aryl methyl sites for hydroxylation is 1. The fourth-order valence-electron chi connectivity index (χ4n) is 8.05. The summed E-state index contributed by atoms with van der Waals surface area (Å²) in [5.74, 6) is 0. The predicted octanol–water partition coefficient (Wildman–Crippen LogP) is 14.1. The molecule has 9 rings (SSSR count). The molecule has 1 heterocycles. The summed E-state index contributed by atoms with van der Waals surface area (Å²) < 4.78 is 2.30. The van der Waals surface area contributed by atoms with Crippen LogP contribution < -0.4 is 0 Å². The lowest BCUT2D eigenvalue weighted by Crippen LogP contribution is -1.96. The lowest BCUT2D eigenvalue weighted by Gasteiger charge is -2.20. The molecule has 52 heavy (non-hydrogen) atoms. The molecule has 0 saturated carbocycles. The second kappa shape index (κ2) is 12.9. The normalized spacial score (nSPS) is 11.6. The highest BCUT2D eigenvalue weighted by Crippen LogP contribution is 2.44. The van der Waals surface area contributed by atoms with Crippen LogP contribution in [0.2, 0.25) is 0 Å². The Kier molecular flexibility index (Phi) is 7.75. The van der Waals surface area contributed by atoms with Crippen molar-refractivity contribution in [1.82, 2.24) is 4.57 Å². The molecule has 0 spiro atoms. The molecule has 0 atom stereocenters. The third-order valence-electron chi connectivity index (χ3n) is 10.6. The van der Waals surface area contributed by atoms with Gasteiger partial charge < -0.3 is 4.57 Å². The number of nitrogens with zero attached hydrogens (tertiary/aromatic N) is 1. The van der Waals surface area contributed by atoms with E-state index in [0.29, 0.717) is 0 Å². The number of fused-ring (bicyclic) bond motifs is 5. The fourth-order valence-corrected chi connectivity index (χ4v) is 8.05. The molecule has 8 aromatic carbocycles. The fraction of sp³-hybridized carbons (Fsp3) is 0.0196. The van der Waals surface area contributed by atoms with Crippen LogP contribution in [0.25, 0.3) is 101 Å². The lowest BCUT2D eigenvalue weighted by molar-refractivity contribution is 1.01. The van der Waals surface area contributed by atoms with Crippen molar-refractivity contribution < 1.29 is 0 Å². The predicted molar refractivity (Wildman–Crippen MR) is 227 cm³/mol. The van der Waals surface area contributed by atoms with Crippen LogP contribution in [0.15, 0.2) is 171 Å². The smallest absolute Gasteiger partial charge is 0.0494 e. The maximum atomic E-state index is 4.32. The van der Waals surface area contributed by atoms with Gasteiger partial charge in [0, 0.05) is 28.9 Å². The number of benzene rings is 8. The van der Waals surface area contributed by atoms with Crippen molar-refractivity contribution in [2.24, 2.45) is 7.05 Å². The van der Waals surface area contributed by atoms with Crippen LogP contribution in [-0.2, 0) is 7.05 Å². The van der Waals surface area contributed by atoms with E-state index in [4.69, 9.17) is 0 Å². The van der Waals surface area contributed by atoms with Gasteiger partial charge in [0.1, 0.15) is 0 Å². The number of para-hydroxylation sites is 1. The topological polar surface area (TPSA) is 4.93 Å². The van der Waals surface area contributed by atoms with Crippen LogP contribution >= 0.6 is 0 Å². The minimum absolute atomic E-state index is 1.09. The maximum absolute atomic E-state index is 4.32. The molecule has 0 radical (unpaired) electrons. The van der Waals surface area contributed by atoms with Gasteiger partial charge >= 0.3 is 0 Å². The van der Waals surface area contributed by atoms with Crippen molar-refractivity contribution in [2.75, 3.05) is 0 Å². The molecule has 9 aromatic rings. The minimum atomic E-state index is 1.09. The molecule has 1 aromatic heterocycles. The monoisotopic (exact) mass is 663 g/mol. The molecule has 0 saturated heterocycles. The van der Waals surface area contributed by atoms with Crippen LogP contribution in [0, 0.1) is 0 Å². The van der Waals surface area contributed by atoms with Crippen molar-refractivity contribution in [1.29, 1.82) is 0 Å². The van der Waals surface area contributed by atoms with Crippen molar-refractivity contribution in [3.05, 3.63) is 193 Å². The van der Waals surface area contributed by atoms with E-state index in [0.717, 1.165) is 22.3 Å². The number of hydrogen-bond acceptors (Lipinski definition) is 0. The Morgan fingerprint density at radius 3 is 1.58 bits per heavy atom. The van der Waals surface area contributed by atoms with Gasteiger partial charge in [-0.3, -0.25) is 0 Å². The van der Waals surface area contributed by atoms with Gasteiger partial charge in [0.2, 0.25) is 0 Å². The van der Waals surface area contributed by atoms with E-state index in [9.17, 15) is 0 Å². The zero-order valence-corrected chi connectivity index (χ0v) is 29.2. The van der Waals surface area contributed by atoms with E-state index < -0.39 is 0 Å². The van der Waals surface area contributed by atoms with Crippen LogP contribution in [0.5, 0.6) is 0 Å². The standard InChI is InChI=1S/C51H37N/c1-4-40-41(5-2)51(39-31-32-45-44-16-10-11-20-48(44)52(3)49(45)33-39)47-18-9-8-17-46(47)50(40)38-29-25-35(26-30-38)22-21-34-23-27-37(28-24-34)43-19-12-14-36-13-6-7-15-42(36)43/h4-33H,1-2H2,3H3. The number of rotatable bonds is 7. The Morgan fingerprint density at radius 2 is 0.923 bits per heavy atom. The van der Waals surface area contributed by atoms with Crippen molar-refractivity contribution >= 4 is 67.7 Å². The highest BCUT2D eigenvalue weighted by molar-refractivity contribution is 6.14. The van der Waals surface area contributed by atoms with Crippen molar-refractivity contribution in [3.8, 4) is 33.4 Å². The second-order valence-electron chi connectivity index (χ2n) is 13.4. The number of hydrogen-bond donors (Lipinski definition) is 0. The summed E-state index contributed by atoms with van der Waals surface area (Å²) >= 11 is 0. The molecule has 1 nitrogen and oxygen atoms in total. The molecule has 0 aliphatic heterocycles.